The van der Waals surface area contributed by atoms with Crippen molar-refractivity contribution in [1.82, 2.24) is 4.90 Å². The van der Waals surface area contributed by atoms with Crippen LogP contribution in [0.3, 0.4) is 0 Å². The van der Waals surface area contributed by atoms with Crippen molar-refractivity contribution in [1.29, 1.82) is 0 Å². The molecule has 0 aliphatic carbocycles. The molecule has 0 aromatic rings. The minimum absolute atomic E-state index is 0.475. The molecule has 0 bridgehead atoms. The molecule has 0 aromatic carbocycles. The third-order valence-corrected chi connectivity index (χ3v) is 3.65. The van der Waals surface area contributed by atoms with E-state index < -0.39 is 0 Å². The molecule has 3 heteroatoms. The van der Waals surface area contributed by atoms with E-state index >= 15 is 0 Å². The molecule has 1 aliphatic heterocycles. The molecule has 1 rings (SSSR count). The quantitative estimate of drug-likeness (QED) is 0.688. The Kier molecular flexibility index (Phi) is 6.65. The Morgan fingerprint density at radius 3 is 2.57 bits per heavy atom. The van der Waals surface area contributed by atoms with Gasteiger partial charge in [0.25, 0.3) is 0 Å². The zero-order chi connectivity index (χ0) is 10.2. The second kappa shape index (κ2) is 7.55. The lowest BCUT2D eigenvalue weighted by Gasteiger charge is -2.29. The number of likely N-dealkylation sites (tertiary alicyclic amines) is 1. The number of hydrogen-bond acceptors (Lipinski definition) is 3. The fourth-order valence-electron chi connectivity index (χ4n) is 1.94. The summed E-state index contributed by atoms with van der Waals surface area (Å²) in [6, 6.07) is 0.475. The third kappa shape index (κ3) is 5.23. The minimum Gasteiger partial charge on any atom is -0.328 e. The van der Waals surface area contributed by atoms with Crippen LogP contribution in [0.1, 0.15) is 32.1 Å². The lowest BCUT2D eigenvalue weighted by molar-refractivity contribution is 0.209. The maximum atomic E-state index is 5.86. The van der Waals surface area contributed by atoms with Crippen LogP contribution in [0.15, 0.2) is 0 Å². The molecule has 2 nitrogen and oxygen atoms in total. The Balaban J connectivity index is 1.91. The van der Waals surface area contributed by atoms with Crippen molar-refractivity contribution in [2.45, 2.75) is 38.1 Å². The van der Waals surface area contributed by atoms with Crippen molar-refractivity contribution in [2.24, 2.45) is 5.73 Å². The van der Waals surface area contributed by atoms with E-state index in [0.29, 0.717) is 6.04 Å². The summed E-state index contributed by atoms with van der Waals surface area (Å²) >= 11 is 1.96. The molecule has 0 amide bonds. The van der Waals surface area contributed by atoms with Crippen LogP contribution in [-0.4, -0.2) is 42.6 Å². The SMILES string of the molecule is CSCCCCCN1CCC(N)CC1. The highest BCUT2D eigenvalue weighted by Crippen LogP contribution is 2.10. The summed E-state index contributed by atoms with van der Waals surface area (Å²) in [5.41, 5.74) is 5.86. The molecule has 0 unspecified atom stereocenters. The molecular formula is C11H24N2S. The van der Waals surface area contributed by atoms with Gasteiger partial charge in [-0.1, -0.05) is 6.42 Å². The maximum Gasteiger partial charge on any atom is 0.00631 e. The van der Waals surface area contributed by atoms with E-state index in [-0.39, 0.29) is 0 Å². The van der Waals surface area contributed by atoms with Gasteiger partial charge in [-0.15, -0.1) is 0 Å². The van der Waals surface area contributed by atoms with Crippen molar-refractivity contribution in [3.63, 3.8) is 0 Å². The standard InChI is InChI=1S/C11H24N2S/c1-14-10-4-2-3-7-13-8-5-11(12)6-9-13/h11H,2-10,12H2,1H3. The molecule has 1 saturated heterocycles. The Morgan fingerprint density at radius 2 is 1.93 bits per heavy atom. The molecule has 0 spiro atoms. The molecule has 1 heterocycles. The van der Waals surface area contributed by atoms with Gasteiger partial charge >= 0.3 is 0 Å². The van der Waals surface area contributed by atoms with Crippen LogP contribution < -0.4 is 5.73 Å². The number of thioether (sulfide) groups is 1. The van der Waals surface area contributed by atoms with Crippen molar-refractivity contribution in [2.75, 3.05) is 31.6 Å². The van der Waals surface area contributed by atoms with Gasteiger partial charge in [0.2, 0.25) is 0 Å². The first kappa shape index (κ1) is 12.3. The monoisotopic (exact) mass is 216 g/mol. The molecule has 84 valence electrons. The molecule has 0 radical (unpaired) electrons. The van der Waals surface area contributed by atoms with Gasteiger partial charge in [-0.3, -0.25) is 0 Å². The van der Waals surface area contributed by atoms with E-state index in [2.05, 4.69) is 11.2 Å². The van der Waals surface area contributed by atoms with Crippen LogP contribution >= 0.6 is 11.8 Å². The normalized spacial score (nSPS) is 20.1. The highest BCUT2D eigenvalue weighted by Gasteiger charge is 2.14. The summed E-state index contributed by atoms with van der Waals surface area (Å²) in [5.74, 6) is 1.32. The predicted molar refractivity (Wildman–Crippen MR) is 65.9 cm³/mol. The summed E-state index contributed by atoms with van der Waals surface area (Å²) < 4.78 is 0. The third-order valence-electron chi connectivity index (χ3n) is 2.96. The smallest absolute Gasteiger partial charge is 0.00631 e. The Labute approximate surface area is 92.6 Å². The average molecular weight is 216 g/mol. The molecule has 1 aliphatic rings. The predicted octanol–water partition coefficient (Wildman–Crippen LogP) is 1.94. The second-order valence-electron chi connectivity index (χ2n) is 4.23. The molecule has 14 heavy (non-hydrogen) atoms. The van der Waals surface area contributed by atoms with E-state index in [9.17, 15) is 0 Å². The first-order valence-corrected chi connectivity index (χ1v) is 7.19. The lowest BCUT2D eigenvalue weighted by atomic mass is 10.1. The number of rotatable bonds is 6. The van der Waals surface area contributed by atoms with Crippen LogP contribution in [0, 0.1) is 0 Å². The Morgan fingerprint density at radius 1 is 1.21 bits per heavy atom. The van der Waals surface area contributed by atoms with Crippen molar-refractivity contribution in [3.8, 4) is 0 Å². The van der Waals surface area contributed by atoms with Crippen molar-refractivity contribution >= 4 is 11.8 Å². The second-order valence-corrected chi connectivity index (χ2v) is 5.22. The van der Waals surface area contributed by atoms with Gasteiger partial charge in [-0.05, 0) is 57.3 Å². The number of piperidine rings is 1. The number of unbranched alkanes of at least 4 members (excludes halogenated alkanes) is 2. The van der Waals surface area contributed by atoms with Crippen molar-refractivity contribution < 1.29 is 0 Å². The highest BCUT2D eigenvalue weighted by molar-refractivity contribution is 7.98. The van der Waals surface area contributed by atoms with Crippen LogP contribution in [0.25, 0.3) is 0 Å². The van der Waals surface area contributed by atoms with Crippen molar-refractivity contribution in [3.05, 3.63) is 0 Å². The molecule has 0 aromatic heterocycles. The summed E-state index contributed by atoms with van der Waals surface area (Å²) in [7, 11) is 0. The average Bonchev–Trinajstić information content (AvgIpc) is 2.21. The van der Waals surface area contributed by atoms with Gasteiger partial charge in [0.15, 0.2) is 0 Å². The maximum absolute atomic E-state index is 5.86. The van der Waals surface area contributed by atoms with E-state index in [1.165, 1.54) is 57.5 Å². The van der Waals surface area contributed by atoms with E-state index in [0.717, 1.165) is 0 Å². The van der Waals surface area contributed by atoms with E-state index in [1.54, 1.807) is 0 Å². The summed E-state index contributed by atoms with van der Waals surface area (Å²) in [6.07, 6.45) is 8.73. The number of nitrogens with two attached hydrogens (primary N) is 1. The van der Waals surface area contributed by atoms with E-state index in [4.69, 9.17) is 5.73 Å². The summed E-state index contributed by atoms with van der Waals surface area (Å²) in [6.45, 7) is 3.74. The molecule has 1 fully saturated rings. The fraction of sp³-hybridized carbons (Fsp3) is 1.00. The van der Waals surface area contributed by atoms with Gasteiger partial charge in [-0.2, -0.15) is 11.8 Å². The molecular weight excluding hydrogens is 192 g/mol. The lowest BCUT2D eigenvalue weighted by Crippen LogP contribution is -2.39. The van der Waals surface area contributed by atoms with Gasteiger partial charge in [-0.25, -0.2) is 0 Å². The van der Waals surface area contributed by atoms with Crippen LogP contribution in [-0.2, 0) is 0 Å². The zero-order valence-electron chi connectivity index (χ0n) is 9.37. The van der Waals surface area contributed by atoms with Crippen LogP contribution in [0.4, 0.5) is 0 Å². The number of hydrogen-bond donors (Lipinski definition) is 1. The first-order chi connectivity index (χ1) is 6.83. The Bertz CT molecular complexity index is 133. The van der Waals surface area contributed by atoms with Crippen LogP contribution in [0.2, 0.25) is 0 Å². The largest absolute Gasteiger partial charge is 0.328 e. The summed E-state index contributed by atoms with van der Waals surface area (Å²) in [4.78, 5) is 2.57. The van der Waals surface area contributed by atoms with Gasteiger partial charge in [0.05, 0.1) is 0 Å². The fourth-order valence-corrected chi connectivity index (χ4v) is 2.43. The first-order valence-electron chi connectivity index (χ1n) is 5.80. The van der Waals surface area contributed by atoms with Gasteiger partial charge in [0, 0.05) is 6.04 Å². The molecule has 0 saturated carbocycles. The summed E-state index contributed by atoms with van der Waals surface area (Å²) in [5, 5.41) is 0. The van der Waals surface area contributed by atoms with Gasteiger partial charge < -0.3 is 10.6 Å². The molecule has 0 atom stereocenters. The van der Waals surface area contributed by atoms with Crippen LogP contribution in [0.5, 0.6) is 0 Å². The number of nitrogens with zero attached hydrogens (tertiary/aromatic N) is 1. The topological polar surface area (TPSA) is 29.3 Å². The zero-order valence-corrected chi connectivity index (χ0v) is 10.2. The Hall–Kier alpha value is 0.270. The minimum atomic E-state index is 0.475. The highest BCUT2D eigenvalue weighted by atomic mass is 32.2. The molecule has 2 N–H and O–H groups in total. The van der Waals surface area contributed by atoms with Gasteiger partial charge in [0.1, 0.15) is 0 Å². The van der Waals surface area contributed by atoms with E-state index in [1.807, 2.05) is 11.8 Å².